The average Bonchev–Trinajstić information content (AvgIpc) is 3.84. The van der Waals surface area contributed by atoms with Gasteiger partial charge in [-0.25, -0.2) is 14.5 Å². The molecule has 0 aliphatic carbocycles. The Bertz CT molecular complexity index is 2190. The van der Waals surface area contributed by atoms with Crippen LogP contribution in [0.25, 0.3) is 5.78 Å². The Hall–Kier alpha value is -5.20. The summed E-state index contributed by atoms with van der Waals surface area (Å²) in [7, 11) is 5.28. The molecule has 0 spiro atoms. The minimum Gasteiger partial charge on any atom is -0.497 e. The SMILES string of the molecule is COc1ccc(C(OC[C@H]2O[C@@H](n3ccn4c(/N=C/N(C)C)nc(=O)nc34)C[C@@H]2OP(OCCC#N)N(C(C)C)C(C)C)(c2ccccc2)c2ccc(OC)cc2)cc1. The largest absolute Gasteiger partial charge is 0.497 e. The lowest BCUT2D eigenvalue weighted by Gasteiger charge is -2.39. The molecule has 312 valence electrons. The number of ether oxygens (including phenoxy) is 4. The topological polar surface area (TPSA) is 150 Å². The highest BCUT2D eigenvalue weighted by Crippen LogP contribution is 2.51. The fourth-order valence-electron chi connectivity index (χ4n) is 7.22. The highest BCUT2D eigenvalue weighted by atomic mass is 31.2. The molecule has 3 heterocycles. The number of imidazole rings is 1. The molecule has 1 aliphatic heterocycles. The van der Waals surface area contributed by atoms with Crippen molar-refractivity contribution in [2.24, 2.45) is 4.99 Å². The van der Waals surface area contributed by atoms with Crippen molar-refractivity contribution in [1.29, 1.82) is 5.26 Å². The molecule has 2 aromatic heterocycles. The molecule has 0 saturated carbocycles. The number of nitrogens with zero attached hydrogens (tertiary/aromatic N) is 8. The molecule has 0 radical (unpaired) electrons. The third-order valence-electron chi connectivity index (χ3n) is 9.85. The second-order valence-electron chi connectivity index (χ2n) is 14.8. The molecule has 1 fully saturated rings. The zero-order valence-corrected chi connectivity index (χ0v) is 35.7. The fourth-order valence-corrected chi connectivity index (χ4v) is 8.98. The third-order valence-corrected chi connectivity index (χ3v) is 12.0. The van der Waals surface area contributed by atoms with Crippen LogP contribution in [0.4, 0.5) is 5.95 Å². The zero-order chi connectivity index (χ0) is 42.1. The van der Waals surface area contributed by atoms with Crippen LogP contribution >= 0.6 is 8.53 Å². The standard InChI is InChI=1S/C43H53N8O7P/c1-30(2)51(31(3)4)59(56-26-12-23-44)58-37-27-39(49-24-25-50-40(45-29-48(5)6)46-41(52)47-42(49)50)57-38(37)28-55-43(32-13-10-9-11-14-32,33-15-19-35(53-7)20-16-33)34-17-21-36(54-8)22-18-34/h9-11,13-22,24-25,29-31,37-39H,12,26-28H2,1-8H3/b45-29+/t37-,38+,39+,59?/m0/s1. The van der Waals surface area contributed by atoms with Gasteiger partial charge in [0.2, 0.25) is 11.7 Å². The Balaban J connectivity index is 1.45. The van der Waals surface area contributed by atoms with Crippen molar-refractivity contribution < 1.29 is 28.0 Å². The molecule has 59 heavy (non-hydrogen) atoms. The van der Waals surface area contributed by atoms with E-state index in [1.54, 1.807) is 46.8 Å². The molecule has 16 heteroatoms. The van der Waals surface area contributed by atoms with Gasteiger partial charge in [0, 0.05) is 45.0 Å². The van der Waals surface area contributed by atoms with E-state index in [9.17, 15) is 10.1 Å². The predicted octanol–water partition coefficient (Wildman–Crippen LogP) is 7.09. The molecule has 1 unspecified atom stereocenters. The van der Waals surface area contributed by atoms with Gasteiger partial charge in [0.05, 0.1) is 52.4 Å². The number of aromatic nitrogens is 4. The van der Waals surface area contributed by atoms with Crippen molar-refractivity contribution in [3.63, 3.8) is 0 Å². The first kappa shape index (κ1) is 43.4. The number of nitriles is 1. The van der Waals surface area contributed by atoms with Crippen molar-refractivity contribution in [3.8, 4) is 17.6 Å². The first-order valence-corrected chi connectivity index (χ1v) is 20.7. The average molecular weight is 825 g/mol. The van der Waals surface area contributed by atoms with Gasteiger partial charge in [-0.05, 0) is 68.7 Å². The molecule has 1 aliphatic rings. The van der Waals surface area contributed by atoms with Crippen LogP contribution in [0, 0.1) is 11.3 Å². The van der Waals surface area contributed by atoms with Gasteiger partial charge in [-0.15, -0.1) is 0 Å². The fraction of sp³-hybridized carbons (Fsp3) is 0.419. The van der Waals surface area contributed by atoms with Gasteiger partial charge < -0.3 is 32.9 Å². The molecule has 0 bridgehead atoms. The molecule has 1 saturated heterocycles. The normalized spacial score (nSPS) is 17.6. The lowest BCUT2D eigenvalue weighted by Crippen LogP contribution is -2.39. The van der Waals surface area contributed by atoms with E-state index >= 15 is 0 Å². The minimum atomic E-state index is -1.66. The van der Waals surface area contributed by atoms with Crippen LogP contribution in [0.1, 0.15) is 63.5 Å². The molecular formula is C43H53N8O7P. The highest BCUT2D eigenvalue weighted by Gasteiger charge is 2.45. The summed E-state index contributed by atoms with van der Waals surface area (Å²) in [5.74, 6) is 1.92. The Morgan fingerprint density at radius 2 is 1.54 bits per heavy atom. The van der Waals surface area contributed by atoms with Crippen LogP contribution < -0.4 is 15.2 Å². The van der Waals surface area contributed by atoms with Crippen LogP contribution in [-0.4, -0.2) is 101 Å². The van der Waals surface area contributed by atoms with E-state index in [1.807, 2.05) is 93.0 Å². The first-order valence-electron chi connectivity index (χ1n) is 19.6. The third kappa shape index (κ3) is 9.82. The quantitative estimate of drug-likeness (QED) is 0.0275. The summed E-state index contributed by atoms with van der Waals surface area (Å²) >= 11 is 0. The summed E-state index contributed by atoms with van der Waals surface area (Å²) in [6, 6.07) is 28.1. The number of benzene rings is 3. The van der Waals surface area contributed by atoms with E-state index in [-0.39, 0.29) is 37.7 Å². The summed E-state index contributed by atoms with van der Waals surface area (Å²) in [5, 5.41) is 9.40. The van der Waals surface area contributed by atoms with Crippen LogP contribution in [0.3, 0.4) is 0 Å². The zero-order valence-electron chi connectivity index (χ0n) is 34.8. The summed E-state index contributed by atoms with van der Waals surface area (Å²) in [5.41, 5.74) is 0.836. The summed E-state index contributed by atoms with van der Waals surface area (Å²) in [6.45, 7) is 8.67. The molecule has 0 N–H and O–H groups in total. The number of aliphatic imine (C=N–C) groups is 1. The summed E-state index contributed by atoms with van der Waals surface area (Å²) in [6.07, 6.45) is 3.87. The second-order valence-corrected chi connectivity index (χ2v) is 16.2. The number of methoxy groups -OCH3 is 2. The Kier molecular flexibility index (Phi) is 14.5. The number of hydrogen-bond donors (Lipinski definition) is 0. The Labute approximate surface area is 346 Å². The summed E-state index contributed by atoms with van der Waals surface area (Å²) < 4.78 is 44.4. The van der Waals surface area contributed by atoms with E-state index < -0.39 is 38.3 Å². The van der Waals surface area contributed by atoms with E-state index in [0.717, 1.165) is 16.7 Å². The Morgan fingerprint density at radius 1 is 0.932 bits per heavy atom. The maximum Gasteiger partial charge on any atom is 0.373 e. The van der Waals surface area contributed by atoms with Crippen LogP contribution in [0.2, 0.25) is 0 Å². The maximum atomic E-state index is 12.8. The van der Waals surface area contributed by atoms with E-state index in [4.69, 9.17) is 28.0 Å². The van der Waals surface area contributed by atoms with Gasteiger partial charge in [-0.3, -0.25) is 8.97 Å². The molecule has 4 atom stereocenters. The molecular weight excluding hydrogens is 771 g/mol. The van der Waals surface area contributed by atoms with Crippen molar-refractivity contribution in [2.45, 2.75) is 76.7 Å². The van der Waals surface area contributed by atoms with E-state index in [1.165, 1.54) is 0 Å². The van der Waals surface area contributed by atoms with Crippen LogP contribution in [0.5, 0.6) is 11.5 Å². The van der Waals surface area contributed by atoms with Gasteiger partial charge in [-0.2, -0.15) is 15.2 Å². The summed E-state index contributed by atoms with van der Waals surface area (Å²) in [4.78, 5) is 27.3. The molecule has 15 nitrogen and oxygen atoms in total. The first-order chi connectivity index (χ1) is 28.5. The maximum absolute atomic E-state index is 12.8. The smallest absolute Gasteiger partial charge is 0.373 e. The van der Waals surface area contributed by atoms with Gasteiger partial charge in [0.25, 0.3) is 8.53 Å². The van der Waals surface area contributed by atoms with E-state index in [2.05, 4.69) is 53.4 Å². The van der Waals surface area contributed by atoms with E-state index in [0.29, 0.717) is 23.7 Å². The van der Waals surface area contributed by atoms with Gasteiger partial charge in [0.15, 0.2) is 0 Å². The van der Waals surface area contributed by atoms with Gasteiger partial charge in [-0.1, -0.05) is 54.6 Å². The molecule has 3 aromatic carbocycles. The second kappa shape index (κ2) is 19.7. The number of fused-ring (bicyclic) bond motifs is 1. The Morgan fingerprint density at radius 3 is 2.10 bits per heavy atom. The molecule has 5 aromatic rings. The molecule has 6 rings (SSSR count). The molecule has 0 amide bonds. The number of rotatable bonds is 19. The minimum absolute atomic E-state index is 0.0741. The highest BCUT2D eigenvalue weighted by molar-refractivity contribution is 7.44. The van der Waals surface area contributed by atoms with Crippen molar-refractivity contribution in [2.75, 3.05) is 41.5 Å². The van der Waals surface area contributed by atoms with Gasteiger partial charge >= 0.3 is 5.69 Å². The van der Waals surface area contributed by atoms with Crippen LogP contribution in [-0.2, 0) is 24.1 Å². The van der Waals surface area contributed by atoms with Crippen molar-refractivity contribution in [3.05, 3.63) is 118 Å². The number of hydrogen-bond acceptors (Lipinski definition) is 12. The van der Waals surface area contributed by atoms with Gasteiger partial charge in [0.1, 0.15) is 29.4 Å². The van der Waals surface area contributed by atoms with Crippen molar-refractivity contribution >= 4 is 26.6 Å². The van der Waals surface area contributed by atoms with Crippen LogP contribution in [0.15, 0.2) is 101 Å². The monoisotopic (exact) mass is 824 g/mol. The predicted molar refractivity (Wildman–Crippen MR) is 226 cm³/mol. The van der Waals surface area contributed by atoms with Crippen molar-refractivity contribution in [1.82, 2.24) is 28.5 Å². The lowest BCUT2D eigenvalue weighted by molar-refractivity contribution is -0.0912. The lowest BCUT2D eigenvalue weighted by atomic mass is 9.80.